The zero-order valence-corrected chi connectivity index (χ0v) is 32.3. The molecule has 12 heteroatoms. The molecule has 2 aliphatic heterocycles. The Bertz CT molecular complexity index is 2030. The van der Waals surface area contributed by atoms with Crippen molar-refractivity contribution in [2.45, 2.75) is 38.1 Å². The normalized spacial score (nSPS) is 15.9. The van der Waals surface area contributed by atoms with Crippen LogP contribution in [0.3, 0.4) is 0 Å². The number of piperidine rings is 2. The summed E-state index contributed by atoms with van der Waals surface area (Å²) in [7, 11) is 0.976. The van der Waals surface area contributed by atoms with Gasteiger partial charge in [-0.25, -0.2) is 4.98 Å². The molecule has 2 fully saturated rings. The van der Waals surface area contributed by atoms with E-state index in [1.807, 2.05) is 54.3 Å². The van der Waals surface area contributed by atoms with Gasteiger partial charge in [0.2, 0.25) is 5.95 Å². The van der Waals surface area contributed by atoms with Crippen LogP contribution >= 0.6 is 23.1 Å². The van der Waals surface area contributed by atoms with Crippen molar-refractivity contribution in [2.24, 2.45) is 7.05 Å². The number of nitrogens with one attached hydrogen (secondary N) is 2. The van der Waals surface area contributed by atoms with E-state index in [0.717, 1.165) is 70.6 Å². The van der Waals surface area contributed by atoms with Gasteiger partial charge in [-0.1, -0.05) is 42.8 Å². The maximum Gasteiger partial charge on any atom is 0.229 e. The van der Waals surface area contributed by atoms with Crippen molar-refractivity contribution < 1.29 is 9.30 Å². The highest BCUT2D eigenvalue weighted by molar-refractivity contribution is 9.10. The predicted molar refractivity (Wildman–Crippen MR) is 213 cm³/mol. The third-order valence-electron chi connectivity index (χ3n) is 9.97. The van der Waals surface area contributed by atoms with Crippen LogP contribution in [0, 0.1) is 0 Å². The smallest absolute Gasteiger partial charge is 0.229 e. The molecule has 2 aromatic heterocycles. The van der Waals surface area contributed by atoms with Gasteiger partial charge in [0.15, 0.2) is 0 Å². The molecule has 0 aliphatic carbocycles. The van der Waals surface area contributed by atoms with Crippen molar-refractivity contribution in [3.05, 3.63) is 83.7 Å². The Morgan fingerprint density at radius 2 is 1.63 bits per heavy atom. The summed E-state index contributed by atoms with van der Waals surface area (Å²) in [5, 5.41) is 12.1. The van der Waals surface area contributed by atoms with Gasteiger partial charge in [-0.15, -0.1) is 0 Å². The van der Waals surface area contributed by atoms with Crippen LogP contribution in [-0.2, 0) is 11.6 Å². The summed E-state index contributed by atoms with van der Waals surface area (Å²) in [6.45, 7) is 8.02. The fourth-order valence-corrected chi connectivity index (χ4v) is 8.75. The minimum Gasteiger partial charge on any atom is -0.494 e. The van der Waals surface area contributed by atoms with Crippen molar-refractivity contribution in [3.8, 4) is 28.0 Å². The lowest BCUT2D eigenvalue weighted by Gasteiger charge is -2.41. The lowest BCUT2D eigenvalue weighted by molar-refractivity contribution is 0.141. The standard InChI is InChI=1S/C39H46BrN8O2P/c1-46-26-29(24-42-46)31-22-34(36(50-2)23-35(31)48-19-15-30(16-20-48)47-17-9-6-10-18-47)44-39-41-25-32(40)38(45-39)43-33-14-13-28(21-37(33)51(3,4)49)27-11-7-5-8-12-27/h5,7-8,11-14,21-26,30H,6,9-10,15-20H2,1-4H3,(H2,41,43,44,45). The van der Waals surface area contributed by atoms with Crippen LogP contribution in [0.25, 0.3) is 22.3 Å². The third kappa shape index (κ3) is 8.01. The fourth-order valence-electron chi connectivity index (χ4n) is 7.30. The van der Waals surface area contributed by atoms with Gasteiger partial charge in [-0.05, 0) is 97.4 Å². The Balaban J connectivity index is 1.17. The van der Waals surface area contributed by atoms with Gasteiger partial charge in [0.05, 0.1) is 29.2 Å². The number of aromatic nitrogens is 4. The Morgan fingerprint density at radius 3 is 2.31 bits per heavy atom. The highest BCUT2D eigenvalue weighted by atomic mass is 79.9. The van der Waals surface area contributed by atoms with E-state index in [2.05, 4.69) is 76.9 Å². The number of aryl methyl sites for hydroxylation is 1. The Morgan fingerprint density at radius 1 is 0.863 bits per heavy atom. The largest absolute Gasteiger partial charge is 0.494 e. The molecule has 2 aliphatic rings. The minimum absolute atomic E-state index is 0.393. The first-order valence-electron chi connectivity index (χ1n) is 17.7. The van der Waals surface area contributed by atoms with E-state index >= 15 is 0 Å². The number of rotatable bonds is 10. The summed E-state index contributed by atoms with van der Waals surface area (Å²) in [4.78, 5) is 14.7. The molecule has 0 atom stereocenters. The summed E-state index contributed by atoms with van der Waals surface area (Å²) in [5.74, 6) is 1.65. The van der Waals surface area contributed by atoms with Gasteiger partial charge < -0.3 is 29.7 Å². The van der Waals surface area contributed by atoms with Crippen LogP contribution < -0.4 is 25.6 Å². The highest BCUT2D eigenvalue weighted by Crippen LogP contribution is 2.43. The van der Waals surface area contributed by atoms with E-state index in [-0.39, 0.29) is 0 Å². The molecule has 0 bridgehead atoms. The molecular formula is C39H46BrN8O2P. The van der Waals surface area contributed by atoms with E-state index in [4.69, 9.17) is 9.72 Å². The summed E-state index contributed by atoms with van der Waals surface area (Å²) in [6, 6.07) is 21.0. The lowest BCUT2D eigenvalue weighted by Crippen LogP contribution is -2.46. The fraction of sp³-hybridized carbons (Fsp3) is 0.359. The SMILES string of the molecule is COc1cc(N2CCC(N3CCCCC3)CC2)c(-c2cnn(C)c2)cc1Nc1ncc(Br)c(Nc2ccc(-c3ccccc3)cc2P(C)(C)=O)n1. The molecule has 51 heavy (non-hydrogen) atoms. The van der Waals surface area contributed by atoms with Gasteiger partial charge in [-0.2, -0.15) is 10.1 Å². The molecule has 2 saturated heterocycles. The van der Waals surface area contributed by atoms with Crippen molar-refractivity contribution in [3.63, 3.8) is 0 Å². The van der Waals surface area contributed by atoms with Gasteiger partial charge in [0, 0.05) is 66.8 Å². The molecule has 10 nitrogen and oxygen atoms in total. The zero-order chi connectivity index (χ0) is 35.5. The van der Waals surface area contributed by atoms with Gasteiger partial charge >= 0.3 is 0 Å². The van der Waals surface area contributed by atoms with E-state index in [1.165, 1.54) is 32.4 Å². The first-order valence-corrected chi connectivity index (χ1v) is 21.1. The van der Waals surface area contributed by atoms with Crippen LogP contribution in [0.5, 0.6) is 5.75 Å². The first kappa shape index (κ1) is 35.2. The van der Waals surface area contributed by atoms with Gasteiger partial charge in [0.25, 0.3) is 0 Å². The molecule has 3 aromatic carbocycles. The molecular weight excluding hydrogens is 723 g/mol. The molecule has 2 N–H and O–H groups in total. The number of likely N-dealkylation sites (tertiary alicyclic amines) is 1. The first-order chi connectivity index (χ1) is 24.7. The molecule has 0 amide bonds. The third-order valence-corrected chi connectivity index (χ3v) is 12.1. The topological polar surface area (TPSA) is 100 Å². The number of hydrogen-bond donors (Lipinski definition) is 2. The van der Waals surface area contributed by atoms with E-state index in [0.29, 0.717) is 28.0 Å². The average molecular weight is 770 g/mol. The summed E-state index contributed by atoms with van der Waals surface area (Å²) in [6.07, 6.45) is 12.0. The van der Waals surface area contributed by atoms with Crippen LogP contribution in [0.15, 0.2) is 83.7 Å². The average Bonchev–Trinajstić information content (AvgIpc) is 3.59. The number of halogens is 1. The van der Waals surface area contributed by atoms with Crippen molar-refractivity contribution in [1.82, 2.24) is 24.6 Å². The van der Waals surface area contributed by atoms with E-state index < -0.39 is 7.14 Å². The Kier molecular flexibility index (Phi) is 10.5. The Labute approximate surface area is 309 Å². The number of ether oxygens (including phenoxy) is 1. The second kappa shape index (κ2) is 15.2. The van der Waals surface area contributed by atoms with Crippen LogP contribution in [-0.4, -0.2) is 77.3 Å². The van der Waals surface area contributed by atoms with Gasteiger partial charge in [0.1, 0.15) is 18.7 Å². The van der Waals surface area contributed by atoms with Crippen LogP contribution in [0.2, 0.25) is 0 Å². The second-order valence-electron chi connectivity index (χ2n) is 13.9. The molecule has 266 valence electrons. The maximum absolute atomic E-state index is 13.5. The number of anilines is 5. The molecule has 0 spiro atoms. The molecule has 0 saturated carbocycles. The monoisotopic (exact) mass is 768 g/mol. The molecule has 7 rings (SSSR count). The molecule has 4 heterocycles. The second-order valence-corrected chi connectivity index (χ2v) is 17.9. The number of benzene rings is 3. The lowest BCUT2D eigenvalue weighted by atomic mass is 9.97. The quantitative estimate of drug-likeness (QED) is 0.136. The molecule has 5 aromatic rings. The highest BCUT2D eigenvalue weighted by Gasteiger charge is 2.28. The number of hydrogen-bond acceptors (Lipinski definition) is 9. The van der Waals surface area contributed by atoms with E-state index in [1.54, 1.807) is 26.6 Å². The zero-order valence-electron chi connectivity index (χ0n) is 29.8. The van der Waals surface area contributed by atoms with Crippen molar-refractivity contribution in [2.75, 3.05) is 62.2 Å². The minimum atomic E-state index is -2.66. The molecule has 0 unspecified atom stereocenters. The van der Waals surface area contributed by atoms with Crippen molar-refractivity contribution >= 4 is 57.2 Å². The summed E-state index contributed by atoms with van der Waals surface area (Å²) in [5.41, 5.74) is 6.80. The summed E-state index contributed by atoms with van der Waals surface area (Å²) >= 11 is 3.63. The van der Waals surface area contributed by atoms with Crippen LogP contribution in [0.1, 0.15) is 32.1 Å². The molecule has 0 radical (unpaired) electrons. The number of nitrogens with zero attached hydrogens (tertiary/aromatic N) is 6. The van der Waals surface area contributed by atoms with Crippen LogP contribution in [0.4, 0.5) is 28.8 Å². The summed E-state index contributed by atoms with van der Waals surface area (Å²) < 4.78 is 22.0. The van der Waals surface area contributed by atoms with Gasteiger partial charge in [-0.3, -0.25) is 4.68 Å². The van der Waals surface area contributed by atoms with Crippen molar-refractivity contribution in [1.29, 1.82) is 0 Å². The maximum atomic E-state index is 13.5. The predicted octanol–water partition coefficient (Wildman–Crippen LogP) is 8.51. The number of methoxy groups -OCH3 is 1. The Hall–Kier alpha value is -4.18. The van der Waals surface area contributed by atoms with E-state index in [9.17, 15) is 4.57 Å².